The molecule has 2 aliphatic rings. The van der Waals surface area contributed by atoms with Gasteiger partial charge in [0, 0.05) is 0 Å². The average Bonchev–Trinajstić information content (AvgIpc) is 2.96. The summed E-state index contributed by atoms with van der Waals surface area (Å²) >= 11 is 0. The first-order valence-electron chi connectivity index (χ1n) is 7.99. The Balaban J connectivity index is 1.94. The summed E-state index contributed by atoms with van der Waals surface area (Å²) in [5.41, 5.74) is -0.525. The van der Waals surface area contributed by atoms with Crippen molar-refractivity contribution in [3.8, 4) is 5.75 Å². The molecule has 2 N–H and O–H groups in total. The van der Waals surface area contributed by atoms with Crippen molar-refractivity contribution in [1.82, 2.24) is 5.06 Å². The van der Waals surface area contributed by atoms with E-state index >= 15 is 0 Å². The number of fused-ring (bicyclic) bond motifs is 1. The highest BCUT2D eigenvalue weighted by molar-refractivity contribution is 5.33. The van der Waals surface area contributed by atoms with E-state index in [2.05, 4.69) is 0 Å². The van der Waals surface area contributed by atoms with Crippen LogP contribution in [0.15, 0.2) is 24.3 Å². The van der Waals surface area contributed by atoms with Gasteiger partial charge in [0.25, 0.3) is 0 Å². The normalized spacial score (nSPS) is 32.5. The second-order valence-electron chi connectivity index (χ2n) is 6.71. The smallest absolute Gasteiger partial charge is 0.163 e. The van der Waals surface area contributed by atoms with Gasteiger partial charge >= 0.3 is 0 Å². The maximum Gasteiger partial charge on any atom is 0.163 e. The summed E-state index contributed by atoms with van der Waals surface area (Å²) in [7, 11) is 1.60. The molecule has 23 heavy (non-hydrogen) atoms. The fraction of sp³-hybridized carbons (Fsp3) is 0.647. The molecule has 128 valence electrons. The largest absolute Gasteiger partial charge is 0.497 e. The molecule has 2 saturated heterocycles. The Morgan fingerprint density at radius 1 is 1.30 bits per heavy atom. The van der Waals surface area contributed by atoms with Crippen molar-refractivity contribution in [3.05, 3.63) is 29.8 Å². The number of ether oxygens (including phenoxy) is 3. The summed E-state index contributed by atoms with van der Waals surface area (Å²) in [6.07, 6.45) is -0.202. The highest BCUT2D eigenvalue weighted by Gasteiger charge is 2.59. The average molecular weight is 323 g/mol. The van der Waals surface area contributed by atoms with Crippen LogP contribution in [0.4, 0.5) is 0 Å². The minimum Gasteiger partial charge on any atom is -0.497 e. The predicted molar refractivity (Wildman–Crippen MR) is 83.3 cm³/mol. The lowest BCUT2D eigenvalue weighted by Crippen LogP contribution is -2.52. The van der Waals surface area contributed by atoms with Gasteiger partial charge in [0.1, 0.15) is 23.6 Å². The Kier molecular flexibility index (Phi) is 4.14. The van der Waals surface area contributed by atoms with Gasteiger partial charge in [0.05, 0.1) is 19.7 Å². The zero-order chi connectivity index (χ0) is 16.8. The molecular formula is C17H25NO5. The summed E-state index contributed by atoms with van der Waals surface area (Å²) in [6, 6.07) is 6.67. The van der Waals surface area contributed by atoms with E-state index < -0.39 is 17.4 Å². The van der Waals surface area contributed by atoms with Crippen molar-refractivity contribution in [1.29, 1.82) is 0 Å². The van der Waals surface area contributed by atoms with E-state index in [-0.39, 0.29) is 12.2 Å². The third kappa shape index (κ3) is 2.75. The number of rotatable bonds is 4. The Labute approximate surface area is 136 Å². The van der Waals surface area contributed by atoms with Gasteiger partial charge in [0.2, 0.25) is 0 Å². The van der Waals surface area contributed by atoms with Gasteiger partial charge in [0.15, 0.2) is 5.79 Å². The van der Waals surface area contributed by atoms with E-state index in [1.54, 1.807) is 19.2 Å². The zero-order valence-electron chi connectivity index (χ0n) is 14.0. The fourth-order valence-corrected chi connectivity index (χ4v) is 3.72. The topological polar surface area (TPSA) is 71.4 Å². The molecule has 0 unspecified atom stereocenters. The van der Waals surface area contributed by atoms with Crippen LogP contribution in [0, 0.1) is 0 Å². The Bertz CT molecular complexity index is 561. The Morgan fingerprint density at radius 3 is 2.52 bits per heavy atom. The standard InChI is InChI=1S/C17H25NO5/c1-5-17(19,11-6-8-12(21-4)9-7-11)15-14-13(10-18(15)20)22-16(2,3)23-14/h6-9,13-15,19-20H,5,10H2,1-4H3/t13-,14-,15-,17+/m1/s1. The van der Waals surface area contributed by atoms with Gasteiger partial charge < -0.3 is 24.5 Å². The summed E-state index contributed by atoms with van der Waals surface area (Å²) in [5.74, 6) is 0.0163. The van der Waals surface area contributed by atoms with Gasteiger partial charge in [-0.05, 0) is 38.0 Å². The fourth-order valence-electron chi connectivity index (χ4n) is 3.72. The summed E-state index contributed by atoms with van der Waals surface area (Å²) in [6.45, 7) is 5.91. The molecule has 0 bridgehead atoms. The van der Waals surface area contributed by atoms with Crippen molar-refractivity contribution in [2.24, 2.45) is 0 Å². The van der Waals surface area contributed by atoms with Crippen LogP contribution in [0.3, 0.4) is 0 Å². The van der Waals surface area contributed by atoms with Crippen LogP contribution in [-0.2, 0) is 15.1 Å². The second kappa shape index (κ2) is 5.72. The third-order valence-electron chi connectivity index (χ3n) is 4.84. The molecule has 0 radical (unpaired) electrons. The minimum atomic E-state index is -1.25. The van der Waals surface area contributed by atoms with Crippen LogP contribution >= 0.6 is 0 Å². The number of nitrogens with zero attached hydrogens (tertiary/aromatic N) is 1. The lowest BCUT2D eigenvalue weighted by molar-refractivity contribution is -0.230. The predicted octanol–water partition coefficient (Wildman–Crippen LogP) is 1.89. The van der Waals surface area contributed by atoms with Crippen LogP contribution in [0.1, 0.15) is 32.8 Å². The van der Waals surface area contributed by atoms with Gasteiger partial charge in [-0.2, -0.15) is 5.06 Å². The van der Waals surface area contributed by atoms with Gasteiger partial charge in [-0.15, -0.1) is 0 Å². The first-order chi connectivity index (χ1) is 10.8. The SMILES string of the molecule is CC[C@](O)(c1ccc(OC)cc1)[C@H]1[C@@H]2OC(C)(C)O[C@@H]2CN1O. The molecule has 1 aromatic rings. The molecule has 2 heterocycles. The molecule has 3 rings (SSSR count). The molecule has 2 aliphatic heterocycles. The quantitative estimate of drug-likeness (QED) is 0.882. The Morgan fingerprint density at radius 2 is 1.96 bits per heavy atom. The molecule has 0 spiro atoms. The highest BCUT2D eigenvalue weighted by atomic mass is 16.8. The lowest BCUT2D eigenvalue weighted by atomic mass is 9.81. The van der Waals surface area contributed by atoms with Crippen LogP contribution in [0.25, 0.3) is 0 Å². The van der Waals surface area contributed by atoms with Crippen LogP contribution in [-0.4, -0.2) is 53.1 Å². The minimum absolute atomic E-state index is 0.253. The molecule has 6 heteroatoms. The molecule has 0 aliphatic carbocycles. The lowest BCUT2D eigenvalue weighted by Gasteiger charge is -2.39. The van der Waals surface area contributed by atoms with E-state index in [9.17, 15) is 10.3 Å². The maximum atomic E-state index is 11.4. The van der Waals surface area contributed by atoms with E-state index in [0.717, 1.165) is 16.4 Å². The number of hydrogen-bond donors (Lipinski definition) is 2. The number of methoxy groups -OCH3 is 1. The summed E-state index contributed by atoms with van der Waals surface area (Å²) < 4.78 is 17.0. The molecule has 0 saturated carbocycles. The van der Waals surface area contributed by atoms with Crippen molar-refractivity contribution >= 4 is 0 Å². The maximum absolute atomic E-state index is 11.4. The molecule has 4 atom stereocenters. The number of hydrogen-bond acceptors (Lipinski definition) is 6. The van der Waals surface area contributed by atoms with Gasteiger partial charge in [-0.25, -0.2) is 0 Å². The molecule has 0 amide bonds. The van der Waals surface area contributed by atoms with Gasteiger partial charge in [-0.1, -0.05) is 19.1 Å². The third-order valence-corrected chi connectivity index (χ3v) is 4.84. The monoisotopic (exact) mass is 323 g/mol. The number of hydroxylamine groups is 2. The second-order valence-corrected chi connectivity index (χ2v) is 6.71. The first-order valence-corrected chi connectivity index (χ1v) is 7.99. The molecule has 0 aromatic heterocycles. The molecular weight excluding hydrogens is 298 g/mol. The van der Waals surface area contributed by atoms with E-state index in [1.807, 2.05) is 32.9 Å². The first kappa shape index (κ1) is 16.7. The van der Waals surface area contributed by atoms with Crippen LogP contribution in [0.5, 0.6) is 5.75 Å². The Hall–Kier alpha value is -1.18. The van der Waals surface area contributed by atoms with E-state index in [0.29, 0.717) is 13.0 Å². The molecule has 2 fully saturated rings. The molecule has 1 aromatic carbocycles. The van der Waals surface area contributed by atoms with Crippen molar-refractivity contribution < 1.29 is 24.5 Å². The van der Waals surface area contributed by atoms with Gasteiger partial charge in [-0.3, -0.25) is 0 Å². The van der Waals surface area contributed by atoms with E-state index in [1.165, 1.54) is 0 Å². The number of benzene rings is 1. The van der Waals surface area contributed by atoms with Crippen LogP contribution < -0.4 is 4.74 Å². The van der Waals surface area contributed by atoms with Crippen molar-refractivity contribution in [2.75, 3.05) is 13.7 Å². The van der Waals surface area contributed by atoms with Crippen LogP contribution in [0.2, 0.25) is 0 Å². The number of aliphatic hydroxyl groups is 1. The molecule has 6 nitrogen and oxygen atoms in total. The summed E-state index contributed by atoms with van der Waals surface area (Å²) in [4.78, 5) is 0. The highest BCUT2D eigenvalue weighted by Crippen LogP contribution is 2.44. The van der Waals surface area contributed by atoms with E-state index in [4.69, 9.17) is 14.2 Å². The van der Waals surface area contributed by atoms with Crippen molar-refractivity contribution in [3.63, 3.8) is 0 Å². The van der Waals surface area contributed by atoms with Crippen molar-refractivity contribution in [2.45, 2.75) is 56.8 Å². The zero-order valence-corrected chi connectivity index (χ0v) is 14.0. The summed E-state index contributed by atoms with van der Waals surface area (Å²) in [5, 5.41) is 22.9.